The standard InChI is InChI=1S/C21H25N3O2S/c1-15(2)14-26-17-8-5-7-16(11-17)19(12-21(3,4)27(23)25)18-9-6-10-24-20(18)13-22/h5-12,15H,14,23H2,1-4H3. The molecular weight excluding hydrogens is 358 g/mol. The number of hydrogen-bond donors (Lipinski definition) is 1. The Labute approximate surface area is 163 Å². The average molecular weight is 384 g/mol. The van der Waals surface area contributed by atoms with Gasteiger partial charge < -0.3 is 4.74 Å². The van der Waals surface area contributed by atoms with E-state index in [0.717, 1.165) is 16.9 Å². The van der Waals surface area contributed by atoms with Crippen molar-refractivity contribution >= 4 is 16.6 Å². The van der Waals surface area contributed by atoms with Crippen LogP contribution >= 0.6 is 0 Å². The Hall–Kier alpha value is -2.49. The molecule has 0 fully saturated rings. The van der Waals surface area contributed by atoms with Crippen LogP contribution in [-0.2, 0) is 11.0 Å². The molecule has 1 heterocycles. The van der Waals surface area contributed by atoms with Crippen molar-refractivity contribution in [2.75, 3.05) is 6.61 Å². The van der Waals surface area contributed by atoms with Crippen LogP contribution in [-0.4, -0.2) is 20.5 Å². The fourth-order valence-corrected chi connectivity index (χ4v) is 2.68. The third-order valence-electron chi connectivity index (χ3n) is 3.94. The molecule has 0 aliphatic heterocycles. The van der Waals surface area contributed by atoms with Gasteiger partial charge in [0, 0.05) is 11.8 Å². The topological polar surface area (TPSA) is 89.0 Å². The summed E-state index contributed by atoms with van der Waals surface area (Å²) in [5, 5.41) is 15.2. The zero-order chi connectivity index (χ0) is 20.0. The van der Waals surface area contributed by atoms with Crippen molar-refractivity contribution in [3.8, 4) is 11.8 Å². The molecule has 2 aromatic rings. The second-order valence-corrected chi connectivity index (χ2v) is 8.85. The van der Waals surface area contributed by atoms with E-state index in [4.69, 9.17) is 9.88 Å². The van der Waals surface area contributed by atoms with E-state index in [2.05, 4.69) is 24.9 Å². The molecule has 1 atom stereocenters. The van der Waals surface area contributed by atoms with Gasteiger partial charge in [0.15, 0.2) is 0 Å². The van der Waals surface area contributed by atoms with Crippen LogP contribution in [0.15, 0.2) is 48.7 Å². The zero-order valence-electron chi connectivity index (χ0n) is 16.1. The predicted molar refractivity (Wildman–Crippen MR) is 109 cm³/mol. The third-order valence-corrected chi connectivity index (χ3v) is 5.10. The van der Waals surface area contributed by atoms with Crippen molar-refractivity contribution in [2.24, 2.45) is 11.1 Å². The van der Waals surface area contributed by atoms with Crippen LogP contribution in [0.4, 0.5) is 0 Å². The minimum absolute atomic E-state index is 0.302. The molecule has 2 rings (SSSR count). The van der Waals surface area contributed by atoms with Gasteiger partial charge in [-0.25, -0.2) is 9.19 Å². The van der Waals surface area contributed by atoms with E-state index in [9.17, 15) is 9.47 Å². The van der Waals surface area contributed by atoms with Gasteiger partial charge in [-0.3, -0.25) is 5.14 Å². The SMILES string of the molecule is CC(C)COc1cccc(C(=CC(C)(C)S(N)=O)c2cccnc2C#N)c1. The van der Waals surface area contributed by atoms with Gasteiger partial charge in [-0.2, -0.15) is 5.26 Å². The van der Waals surface area contributed by atoms with Crippen LogP contribution in [0.25, 0.3) is 5.57 Å². The van der Waals surface area contributed by atoms with Crippen LogP contribution in [0.2, 0.25) is 0 Å². The minimum atomic E-state index is -1.58. The number of nitrogens with two attached hydrogens (primary N) is 1. The zero-order valence-corrected chi connectivity index (χ0v) is 16.9. The van der Waals surface area contributed by atoms with Gasteiger partial charge in [0.05, 0.1) is 22.3 Å². The van der Waals surface area contributed by atoms with Crippen molar-refractivity contribution < 1.29 is 8.95 Å². The Morgan fingerprint density at radius 1 is 1.37 bits per heavy atom. The van der Waals surface area contributed by atoms with Crippen LogP contribution in [0.3, 0.4) is 0 Å². The first kappa shape index (κ1) is 20.8. The van der Waals surface area contributed by atoms with E-state index < -0.39 is 15.7 Å². The highest BCUT2D eigenvalue weighted by atomic mass is 32.2. The van der Waals surface area contributed by atoms with E-state index in [1.807, 2.05) is 36.4 Å². The molecule has 142 valence electrons. The Morgan fingerprint density at radius 2 is 2.11 bits per heavy atom. The molecule has 0 bridgehead atoms. The normalized spacial score (nSPS) is 13.3. The van der Waals surface area contributed by atoms with Crippen molar-refractivity contribution in [1.29, 1.82) is 5.26 Å². The Morgan fingerprint density at radius 3 is 2.74 bits per heavy atom. The van der Waals surface area contributed by atoms with Gasteiger partial charge in [-0.1, -0.05) is 32.1 Å². The first-order valence-electron chi connectivity index (χ1n) is 8.72. The number of rotatable bonds is 7. The highest BCUT2D eigenvalue weighted by Crippen LogP contribution is 2.31. The van der Waals surface area contributed by atoms with Gasteiger partial charge in [-0.05, 0) is 55.2 Å². The summed E-state index contributed by atoms with van der Waals surface area (Å²) < 4.78 is 17.1. The predicted octanol–water partition coefficient (Wildman–Crippen LogP) is 3.82. The highest BCUT2D eigenvalue weighted by molar-refractivity contribution is 7.84. The summed E-state index contributed by atoms with van der Waals surface area (Å²) in [4.78, 5) is 4.16. The van der Waals surface area contributed by atoms with E-state index in [0.29, 0.717) is 23.8 Å². The molecule has 6 heteroatoms. The van der Waals surface area contributed by atoms with Crippen molar-refractivity contribution in [1.82, 2.24) is 4.98 Å². The molecular formula is C21H25N3O2S. The number of hydrogen-bond acceptors (Lipinski definition) is 4. The molecule has 0 saturated heterocycles. The summed E-state index contributed by atoms with van der Waals surface area (Å²) in [5.74, 6) is 1.15. The highest BCUT2D eigenvalue weighted by Gasteiger charge is 2.23. The van der Waals surface area contributed by atoms with E-state index in [1.54, 1.807) is 26.1 Å². The number of nitrogens with zero attached hydrogens (tertiary/aromatic N) is 2. The summed E-state index contributed by atoms with van der Waals surface area (Å²) in [5.41, 5.74) is 2.56. The van der Waals surface area contributed by atoms with Crippen LogP contribution in [0.5, 0.6) is 5.75 Å². The second-order valence-electron chi connectivity index (χ2n) is 7.20. The molecule has 27 heavy (non-hydrogen) atoms. The maximum atomic E-state index is 12.0. The molecule has 1 aromatic carbocycles. The second kappa shape index (κ2) is 8.94. The fourth-order valence-electron chi connectivity index (χ4n) is 2.45. The lowest BCUT2D eigenvalue weighted by Gasteiger charge is -2.20. The van der Waals surface area contributed by atoms with E-state index >= 15 is 0 Å². The summed E-state index contributed by atoms with van der Waals surface area (Å²) >= 11 is 0. The van der Waals surface area contributed by atoms with Gasteiger partial charge >= 0.3 is 0 Å². The lowest BCUT2D eigenvalue weighted by Crippen LogP contribution is -2.30. The molecule has 0 radical (unpaired) electrons. The maximum Gasteiger partial charge on any atom is 0.148 e. The molecule has 0 aliphatic carbocycles. The van der Waals surface area contributed by atoms with Crippen molar-refractivity contribution in [3.63, 3.8) is 0 Å². The van der Waals surface area contributed by atoms with Gasteiger partial charge in [0.1, 0.15) is 17.5 Å². The summed E-state index contributed by atoms with van der Waals surface area (Å²) in [6.07, 6.45) is 3.41. The van der Waals surface area contributed by atoms with Crippen LogP contribution < -0.4 is 9.88 Å². The number of ether oxygens (including phenoxy) is 1. The Balaban J connectivity index is 2.61. The summed E-state index contributed by atoms with van der Waals surface area (Å²) in [6, 6.07) is 13.4. The summed E-state index contributed by atoms with van der Waals surface area (Å²) in [7, 11) is -1.58. The molecule has 5 nitrogen and oxygen atoms in total. The Bertz CT molecular complexity index is 898. The molecule has 0 saturated carbocycles. The van der Waals surface area contributed by atoms with Gasteiger partial charge in [0.25, 0.3) is 0 Å². The molecule has 0 aliphatic rings. The first-order valence-corrected chi connectivity index (χ1v) is 9.93. The molecule has 2 N–H and O–H groups in total. The first-order chi connectivity index (χ1) is 12.7. The van der Waals surface area contributed by atoms with E-state index in [1.165, 1.54) is 0 Å². The number of aromatic nitrogens is 1. The van der Waals surface area contributed by atoms with Gasteiger partial charge in [-0.15, -0.1) is 0 Å². The van der Waals surface area contributed by atoms with Crippen molar-refractivity contribution in [2.45, 2.75) is 32.4 Å². The van der Waals surface area contributed by atoms with Crippen LogP contribution in [0, 0.1) is 17.2 Å². The average Bonchev–Trinajstić information content (AvgIpc) is 2.64. The number of pyridine rings is 1. The number of benzene rings is 1. The monoisotopic (exact) mass is 383 g/mol. The molecule has 1 unspecified atom stereocenters. The third kappa shape index (κ3) is 5.49. The van der Waals surface area contributed by atoms with Crippen molar-refractivity contribution in [3.05, 3.63) is 65.5 Å². The smallest absolute Gasteiger partial charge is 0.148 e. The quantitative estimate of drug-likeness (QED) is 0.787. The summed E-state index contributed by atoms with van der Waals surface area (Å²) in [6.45, 7) is 8.37. The van der Waals surface area contributed by atoms with Crippen LogP contribution in [0.1, 0.15) is 44.5 Å². The molecule has 1 aromatic heterocycles. The minimum Gasteiger partial charge on any atom is -0.493 e. The van der Waals surface area contributed by atoms with E-state index in [-0.39, 0.29) is 0 Å². The lowest BCUT2D eigenvalue weighted by atomic mass is 9.93. The largest absolute Gasteiger partial charge is 0.493 e. The van der Waals surface area contributed by atoms with Gasteiger partial charge in [0.2, 0.25) is 0 Å². The maximum absolute atomic E-state index is 12.0. The molecule has 0 amide bonds. The lowest BCUT2D eigenvalue weighted by molar-refractivity contribution is 0.271. The Kier molecular flexibility index (Phi) is 6.89. The fraction of sp³-hybridized carbons (Fsp3) is 0.333. The number of nitriles is 1. The molecule has 0 spiro atoms.